The van der Waals surface area contributed by atoms with Crippen molar-refractivity contribution in [3.05, 3.63) is 54.1 Å². The predicted molar refractivity (Wildman–Crippen MR) is 73.3 cm³/mol. The summed E-state index contributed by atoms with van der Waals surface area (Å²) in [4.78, 5) is 11.9. The monoisotopic (exact) mass is 257 g/mol. The molecule has 2 N–H and O–H groups in total. The second kappa shape index (κ2) is 5.91. The number of benzene rings is 2. The SMILES string of the molecule is CCOC(=O)c1cc(N)ccc1Oc1ccccc1. The highest BCUT2D eigenvalue weighted by atomic mass is 16.5. The number of nitrogens with two attached hydrogens (primary N) is 1. The van der Waals surface area contributed by atoms with Gasteiger partial charge in [-0.2, -0.15) is 0 Å². The van der Waals surface area contributed by atoms with Crippen LogP contribution in [0.3, 0.4) is 0 Å². The summed E-state index contributed by atoms with van der Waals surface area (Å²) in [5.41, 5.74) is 6.51. The quantitative estimate of drug-likeness (QED) is 0.674. The van der Waals surface area contributed by atoms with Crippen LogP contribution in [-0.2, 0) is 4.74 Å². The van der Waals surface area contributed by atoms with Gasteiger partial charge in [0, 0.05) is 5.69 Å². The molecule has 0 radical (unpaired) electrons. The van der Waals surface area contributed by atoms with Crippen LogP contribution in [0.5, 0.6) is 11.5 Å². The van der Waals surface area contributed by atoms with Gasteiger partial charge in [0.25, 0.3) is 0 Å². The zero-order chi connectivity index (χ0) is 13.7. The maximum atomic E-state index is 11.9. The van der Waals surface area contributed by atoms with Crippen molar-refractivity contribution in [2.75, 3.05) is 12.3 Å². The Balaban J connectivity index is 2.32. The van der Waals surface area contributed by atoms with Crippen molar-refractivity contribution in [3.63, 3.8) is 0 Å². The van der Waals surface area contributed by atoms with Crippen molar-refractivity contribution in [2.24, 2.45) is 0 Å². The third-order valence-corrected chi connectivity index (χ3v) is 2.47. The van der Waals surface area contributed by atoms with E-state index in [2.05, 4.69) is 0 Å². The van der Waals surface area contributed by atoms with Crippen LogP contribution in [0, 0.1) is 0 Å². The number of para-hydroxylation sites is 1. The molecule has 0 atom stereocenters. The standard InChI is InChI=1S/C15H15NO3/c1-2-18-15(17)13-10-11(16)8-9-14(13)19-12-6-4-3-5-7-12/h3-10H,2,16H2,1H3. The summed E-state index contributed by atoms with van der Waals surface area (Å²) in [5.74, 6) is 0.636. The topological polar surface area (TPSA) is 61.5 Å². The van der Waals surface area contributed by atoms with Crippen molar-refractivity contribution >= 4 is 11.7 Å². The van der Waals surface area contributed by atoms with Crippen LogP contribution in [-0.4, -0.2) is 12.6 Å². The number of carbonyl (C=O) groups is 1. The lowest BCUT2D eigenvalue weighted by atomic mass is 10.2. The number of carbonyl (C=O) groups excluding carboxylic acids is 1. The highest BCUT2D eigenvalue weighted by molar-refractivity contribution is 5.93. The van der Waals surface area contributed by atoms with Crippen LogP contribution in [0.2, 0.25) is 0 Å². The molecule has 0 aliphatic heterocycles. The fourth-order valence-electron chi connectivity index (χ4n) is 1.62. The molecule has 0 aliphatic rings. The van der Waals surface area contributed by atoms with E-state index in [9.17, 15) is 4.79 Å². The molecular formula is C15H15NO3. The lowest BCUT2D eigenvalue weighted by molar-refractivity contribution is 0.0523. The Bertz CT molecular complexity index is 567. The summed E-state index contributed by atoms with van der Waals surface area (Å²) in [6.45, 7) is 2.06. The van der Waals surface area contributed by atoms with Gasteiger partial charge in [0.2, 0.25) is 0 Å². The summed E-state index contributed by atoms with van der Waals surface area (Å²) in [5, 5.41) is 0. The van der Waals surface area contributed by atoms with E-state index in [4.69, 9.17) is 15.2 Å². The average molecular weight is 257 g/mol. The first-order valence-corrected chi connectivity index (χ1v) is 6.00. The third-order valence-electron chi connectivity index (χ3n) is 2.47. The highest BCUT2D eigenvalue weighted by Gasteiger charge is 2.14. The molecule has 0 heterocycles. The number of rotatable bonds is 4. The van der Waals surface area contributed by atoms with Crippen molar-refractivity contribution < 1.29 is 14.3 Å². The van der Waals surface area contributed by atoms with E-state index in [0.717, 1.165) is 0 Å². The number of hydrogen-bond acceptors (Lipinski definition) is 4. The maximum absolute atomic E-state index is 11.9. The summed E-state index contributed by atoms with van der Waals surface area (Å²) in [6, 6.07) is 14.1. The third kappa shape index (κ3) is 3.25. The van der Waals surface area contributed by atoms with Gasteiger partial charge in [0.15, 0.2) is 0 Å². The zero-order valence-corrected chi connectivity index (χ0v) is 10.6. The Morgan fingerprint density at radius 3 is 2.58 bits per heavy atom. The minimum absolute atomic E-state index is 0.304. The van der Waals surface area contributed by atoms with Gasteiger partial charge in [0.05, 0.1) is 6.61 Å². The second-order valence-electron chi connectivity index (χ2n) is 3.89. The molecule has 2 aromatic rings. The average Bonchev–Trinajstić information content (AvgIpc) is 2.42. The minimum Gasteiger partial charge on any atom is -0.462 e. The number of hydrogen-bond donors (Lipinski definition) is 1. The van der Waals surface area contributed by atoms with Gasteiger partial charge in [-0.3, -0.25) is 0 Å². The Labute approximate surface area is 111 Å². The first kappa shape index (κ1) is 13.0. The molecular weight excluding hydrogens is 242 g/mol. The normalized spacial score (nSPS) is 9.95. The van der Waals surface area contributed by atoms with Gasteiger partial charge in [-0.25, -0.2) is 4.79 Å². The molecule has 0 fully saturated rings. The van der Waals surface area contributed by atoms with Gasteiger partial charge in [-0.15, -0.1) is 0 Å². The molecule has 19 heavy (non-hydrogen) atoms. The number of ether oxygens (including phenoxy) is 2. The van der Waals surface area contributed by atoms with Crippen LogP contribution in [0.15, 0.2) is 48.5 Å². The van der Waals surface area contributed by atoms with E-state index in [1.165, 1.54) is 0 Å². The predicted octanol–water partition coefficient (Wildman–Crippen LogP) is 3.24. The molecule has 4 heteroatoms. The molecule has 98 valence electrons. The molecule has 0 aromatic heterocycles. The molecule has 0 saturated heterocycles. The molecule has 0 amide bonds. The van der Waals surface area contributed by atoms with Crippen LogP contribution >= 0.6 is 0 Å². The first-order valence-electron chi connectivity index (χ1n) is 6.00. The van der Waals surface area contributed by atoms with Gasteiger partial charge >= 0.3 is 5.97 Å². The molecule has 4 nitrogen and oxygen atoms in total. The molecule has 2 rings (SSSR count). The number of anilines is 1. The lowest BCUT2D eigenvalue weighted by Crippen LogP contribution is -2.07. The molecule has 0 spiro atoms. The molecule has 0 bridgehead atoms. The van der Waals surface area contributed by atoms with Gasteiger partial charge < -0.3 is 15.2 Å². The molecule has 0 aliphatic carbocycles. The zero-order valence-electron chi connectivity index (χ0n) is 10.6. The van der Waals surface area contributed by atoms with E-state index in [0.29, 0.717) is 29.4 Å². The van der Waals surface area contributed by atoms with Gasteiger partial charge in [-0.05, 0) is 37.3 Å². The van der Waals surface area contributed by atoms with Crippen LogP contribution in [0.4, 0.5) is 5.69 Å². The Kier molecular flexibility index (Phi) is 4.03. The van der Waals surface area contributed by atoms with Crippen molar-refractivity contribution in [3.8, 4) is 11.5 Å². The van der Waals surface area contributed by atoms with Crippen molar-refractivity contribution in [1.29, 1.82) is 0 Å². The van der Waals surface area contributed by atoms with Crippen LogP contribution in [0.1, 0.15) is 17.3 Å². The minimum atomic E-state index is -0.444. The fourth-order valence-corrected chi connectivity index (χ4v) is 1.62. The van der Waals surface area contributed by atoms with Crippen LogP contribution in [0.25, 0.3) is 0 Å². The first-order chi connectivity index (χ1) is 9.20. The highest BCUT2D eigenvalue weighted by Crippen LogP contribution is 2.27. The summed E-state index contributed by atoms with van der Waals surface area (Å²) in [7, 11) is 0. The van der Waals surface area contributed by atoms with Gasteiger partial charge in [0.1, 0.15) is 17.1 Å². The number of esters is 1. The Morgan fingerprint density at radius 1 is 1.16 bits per heavy atom. The summed E-state index contributed by atoms with van der Waals surface area (Å²) in [6.07, 6.45) is 0. The van der Waals surface area contributed by atoms with Gasteiger partial charge in [-0.1, -0.05) is 18.2 Å². The molecule has 0 saturated carbocycles. The van der Waals surface area contributed by atoms with Crippen LogP contribution < -0.4 is 10.5 Å². The molecule has 2 aromatic carbocycles. The maximum Gasteiger partial charge on any atom is 0.342 e. The second-order valence-corrected chi connectivity index (χ2v) is 3.89. The fraction of sp³-hybridized carbons (Fsp3) is 0.133. The van der Waals surface area contributed by atoms with E-state index < -0.39 is 5.97 Å². The van der Waals surface area contributed by atoms with E-state index in [1.54, 1.807) is 25.1 Å². The lowest BCUT2D eigenvalue weighted by Gasteiger charge is -2.11. The van der Waals surface area contributed by atoms with Crippen molar-refractivity contribution in [1.82, 2.24) is 0 Å². The number of nitrogen functional groups attached to an aromatic ring is 1. The Hall–Kier alpha value is -2.49. The van der Waals surface area contributed by atoms with E-state index >= 15 is 0 Å². The Morgan fingerprint density at radius 2 is 1.89 bits per heavy atom. The van der Waals surface area contributed by atoms with E-state index in [1.807, 2.05) is 30.3 Å². The largest absolute Gasteiger partial charge is 0.462 e. The smallest absolute Gasteiger partial charge is 0.342 e. The van der Waals surface area contributed by atoms with E-state index in [-0.39, 0.29) is 0 Å². The summed E-state index contributed by atoms with van der Waals surface area (Å²) < 4.78 is 10.7. The molecule has 0 unspecified atom stereocenters. The summed E-state index contributed by atoms with van der Waals surface area (Å²) >= 11 is 0. The van der Waals surface area contributed by atoms with Crippen molar-refractivity contribution in [2.45, 2.75) is 6.92 Å².